The lowest BCUT2D eigenvalue weighted by Gasteiger charge is -2.34. The number of carbonyl (C=O) groups excluding carboxylic acids is 2. The minimum absolute atomic E-state index is 0.257. The van der Waals surface area contributed by atoms with Gasteiger partial charge < -0.3 is 15.3 Å². The van der Waals surface area contributed by atoms with Crippen LogP contribution < -0.4 is 0 Å². The molecule has 25 heavy (non-hydrogen) atoms. The van der Waals surface area contributed by atoms with Gasteiger partial charge in [-0.15, -0.1) is 0 Å². The van der Waals surface area contributed by atoms with E-state index in [0.29, 0.717) is 31.1 Å². The fourth-order valence-electron chi connectivity index (χ4n) is 3.34. The molecule has 0 spiro atoms. The second-order valence-electron chi connectivity index (χ2n) is 8.44. The second kappa shape index (κ2) is 8.45. The summed E-state index contributed by atoms with van der Waals surface area (Å²) < 4.78 is 0. The SMILES string of the molecule is CC(C)CCC1C(=O)C(C(=O)C(C)C)=C(O)[C@]1(O)[C@@H](O)CCC(C)C. The molecule has 0 aromatic rings. The van der Waals surface area contributed by atoms with Crippen LogP contribution in [0.3, 0.4) is 0 Å². The molecule has 1 aliphatic carbocycles. The number of hydrogen-bond acceptors (Lipinski definition) is 5. The lowest BCUT2D eigenvalue weighted by Crippen LogP contribution is -2.49. The van der Waals surface area contributed by atoms with Crippen LogP contribution in [0, 0.1) is 23.7 Å². The Morgan fingerprint density at radius 3 is 2.00 bits per heavy atom. The monoisotopic (exact) mass is 354 g/mol. The van der Waals surface area contributed by atoms with Gasteiger partial charge in [0.25, 0.3) is 0 Å². The van der Waals surface area contributed by atoms with Crippen molar-refractivity contribution >= 4 is 11.6 Å². The van der Waals surface area contributed by atoms with Crippen LogP contribution in [-0.2, 0) is 9.59 Å². The van der Waals surface area contributed by atoms with Gasteiger partial charge in [-0.2, -0.15) is 0 Å². The maximum absolute atomic E-state index is 12.8. The number of carbonyl (C=O) groups is 2. The number of allylic oxidation sites excluding steroid dienone is 1. The number of Topliss-reactive ketones (excluding diaryl/α,β-unsaturated/α-hetero) is 2. The Morgan fingerprint density at radius 1 is 1.04 bits per heavy atom. The summed E-state index contributed by atoms with van der Waals surface area (Å²) >= 11 is 0. The Kier molecular flexibility index (Phi) is 7.39. The number of rotatable bonds is 9. The summed E-state index contributed by atoms with van der Waals surface area (Å²) in [5, 5.41) is 32.4. The summed E-state index contributed by atoms with van der Waals surface area (Å²) in [6.45, 7) is 11.3. The Balaban J connectivity index is 3.27. The van der Waals surface area contributed by atoms with E-state index >= 15 is 0 Å². The van der Waals surface area contributed by atoms with Crippen molar-refractivity contribution in [1.82, 2.24) is 0 Å². The molecular weight excluding hydrogens is 320 g/mol. The highest BCUT2D eigenvalue weighted by molar-refractivity contribution is 6.24. The van der Waals surface area contributed by atoms with Gasteiger partial charge >= 0.3 is 0 Å². The second-order valence-corrected chi connectivity index (χ2v) is 8.44. The largest absolute Gasteiger partial charge is 0.508 e. The normalized spacial score (nSPS) is 25.6. The van der Waals surface area contributed by atoms with Gasteiger partial charge in [0, 0.05) is 5.92 Å². The smallest absolute Gasteiger partial charge is 0.176 e. The van der Waals surface area contributed by atoms with Crippen LogP contribution in [-0.4, -0.2) is 38.6 Å². The Bertz CT molecular complexity index is 532. The van der Waals surface area contributed by atoms with Crippen LogP contribution in [0.25, 0.3) is 0 Å². The molecule has 3 N–H and O–H groups in total. The first-order chi connectivity index (χ1) is 11.4. The molecule has 0 amide bonds. The molecule has 0 heterocycles. The van der Waals surface area contributed by atoms with Crippen molar-refractivity contribution in [2.75, 3.05) is 0 Å². The van der Waals surface area contributed by atoms with Crippen molar-refractivity contribution in [3.8, 4) is 0 Å². The van der Waals surface area contributed by atoms with Crippen LogP contribution in [0.2, 0.25) is 0 Å². The third kappa shape index (κ3) is 4.50. The summed E-state index contributed by atoms with van der Waals surface area (Å²) in [5.74, 6) is -2.49. The maximum atomic E-state index is 12.8. The quantitative estimate of drug-likeness (QED) is 0.553. The molecule has 1 rings (SSSR count). The van der Waals surface area contributed by atoms with Crippen LogP contribution >= 0.6 is 0 Å². The average molecular weight is 354 g/mol. The van der Waals surface area contributed by atoms with E-state index < -0.39 is 40.9 Å². The third-order valence-corrected chi connectivity index (χ3v) is 5.04. The molecule has 5 nitrogen and oxygen atoms in total. The van der Waals surface area contributed by atoms with Gasteiger partial charge in [0.2, 0.25) is 0 Å². The van der Waals surface area contributed by atoms with Gasteiger partial charge in [0.15, 0.2) is 17.2 Å². The predicted molar refractivity (Wildman–Crippen MR) is 97.1 cm³/mol. The molecule has 144 valence electrons. The number of hydrogen-bond donors (Lipinski definition) is 3. The van der Waals surface area contributed by atoms with E-state index in [-0.39, 0.29) is 12.0 Å². The Hall–Kier alpha value is -1.20. The maximum Gasteiger partial charge on any atom is 0.176 e. The van der Waals surface area contributed by atoms with Gasteiger partial charge in [0.05, 0.1) is 12.0 Å². The van der Waals surface area contributed by atoms with Crippen LogP contribution in [0.5, 0.6) is 0 Å². The minimum atomic E-state index is -2.07. The lowest BCUT2D eigenvalue weighted by molar-refractivity contribution is -0.137. The van der Waals surface area contributed by atoms with Crippen molar-refractivity contribution < 1.29 is 24.9 Å². The molecule has 0 bridgehead atoms. The summed E-state index contributed by atoms with van der Waals surface area (Å²) in [4.78, 5) is 25.2. The molecule has 0 aromatic carbocycles. The standard InChI is InChI=1S/C20H34O5/c1-11(2)7-9-14-18(23)16(17(22)13(5)6)19(24)20(14,25)15(21)10-8-12(3)4/h11-15,21,24-25H,7-10H2,1-6H3/t14?,15-,20+/m0/s1. The molecule has 5 heteroatoms. The fraction of sp³-hybridized carbons (Fsp3) is 0.800. The molecule has 1 unspecified atom stereocenters. The van der Waals surface area contributed by atoms with E-state index in [2.05, 4.69) is 0 Å². The van der Waals surface area contributed by atoms with E-state index in [1.54, 1.807) is 13.8 Å². The van der Waals surface area contributed by atoms with Gasteiger partial charge in [-0.1, -0.05) is 48.0 Å². The van der Waals surface area contributed by atoms with E-state index in [4.69, 9.17) is 0 Å². The zero-order valence-corrected chi connectivity index (χ0v) is 16.4. The fourth-order valence-corrected chi connectivity index (χ4v) is 3.34. The van der Waals surface area contributed by atoms with Crippen LogP contribution in [0.1, 0.15) is 67.2 Å². The van der Waals surface area contributed by atoms with Crippen molar-refractivity contribution in [3.63, 3.8) is 0 Å². The minimum Gasteiger partial charge on any atom is -0.508 e. The summed E-state index contributed by atoms with van der Waals surface area (Å²) in [5.41, 5.74) is -2.39. The molecule has 1 aliphatic rings. The summed E-state index contributed by atoms with van der Waals surface area (Å²) in [7, 11) is 0. The number of ketones is 2. The van der Waals surface area contributed by atoms with Crippen LogP contribution in [0.15, 0.2) is 11.3 Å². The lowest BCUT2D eigenvalue weighted by atomic mass is 9.78. The van der Waals surface area contributed by atoms with E-state index in [1.807, 2.05) is 27.7 Å². The predicted octanol–water partition coefficient (Wildman–Crippen LogP) is 3.19. The van der Waals surface area contributed by atoms with Crippen molar-refractivity contribution in [1.29, 1.82) is 0 Å². The van der Waals surface area contributed by atoms with Crippen LogP contribution in [0.4, 0.5) is 0 Å². The number of aliphatic hydroxyl groups excluding tert-OH is 2. The summed E-state index contributed by atoms with van der Waals surface area (Å²) in [6, 6.07) is 0. The first-order valence-electron chi connectivity index (χ1n) is 9.37. The molecule has 0 saturated heterocycles. The topological polar surface area (TPSA) is 94.8 Å². The first-order valence-corrected chi connectivity index (χ1v) is 9.37. The molecule has 0 saturated carbocycles. The van der Waals surface area contributed by atoms with E-state index in [9.17, 15) is 24.9 Å². The van der Waals surface area contributed by atoms with Crippen molar-refractivity contribution in [3.05, 3.63) is 11.3 Å². The van der Waals surface area contributed by atoms with Gasteiger partial charge in [-0.05, 0) is 31.1 Å². The van der Waals surface area contributed by atoms with E-state index in [1.165, 1.54) is 0 Å². The Morgan fingerprint density at radius 2 is 1.56 bits per heavy atom. The highest BCUT2D eigenvalue weighted by Gasteiger charge is 2.58. The van der Waals surface area contributed by atoms with Gasteiger partial charge in [-0.25, -0.2) is 0 Å². The molecule has 3 atom stereocenters. The molecule has 0 aromatic heterocycles. The molecular formula is C20H34O5. The molecule has 0 aliphatic heterocycles. The summed E-state index contributed by atoms with van der Waals surface area (Å²) in [6.07, 6.45) is 0.604. The third-order valence-electron chi connectivity index (χ3n) is 5.04. The first kappa shape index (κ1) is 21.8. The van der Waals surface area contributed by atoms with Crippen molar-refractivity contribution in [2.45, 2.75) is 78.9 Å². The highest BCUT2D eigenvalue weighted by Crippen LogP contribution is 2.44. The number of aliphatic hydroxyl groups is 3. The zero-order valence-electron chi connectivity index (χ0n) is 16.4. The average Bonchev–Trinajstić information content (AvgIpc) is 2.69. The van der Waals surface area contributed by atoms with Crippen molar-refractivity contribution in [2.24, 2.45) is 23.7 Å². The molecule has 0 fully saturated rings. The highest BCUT2D eigenvalue weighted by atomic mass is 16.4. The zero-order chi connectivity index (χ0) is 19.5. The van der Waals surface area contributed by atoms with E-state index in [0.717, 1.165) is 0 Å². The van der Waals surface area contributed by atoms with Gasteiger partial charge in [0.1, 0.15) is 11.3 Å². The molecule has 0 radical (unpaired) electrons. The van der Waals surface area contributed by atoms with Gasteiger partial charge in [-0.3, -0.25) is 9.59 Å². The Labute approximate surface area is 151 Å².